The Hall–Kier alpha value is -2.67. The van der Waals surface area contributed by atoms with Crippen molar-refractivity contribution in [3.63, 3.8) is 0 Å². The number of aromatic nitrogens is 4. The molecule has 3 aromatic rings. The van der Waals surface area contributed by atoms with Gasteiger partial charge in [0.1, 0.15) is 5.82 Å². The van der Waals surface area contributed by atoms with Crippen molar-refractivity contribution in [2.45, 2.75) is 39.8 Å². The molecule has 1 aliphatic rings. The van der Waals surface area contributed by atoms with Crippen LogP contribution in [0.3, 0.4) is 0 Å². The largest absolute Gasteiger partial charge is 0.332 e. The Kier molecular flexibility index (Phi) is 5.17. The van der Waals surface area contributed by atoms with Crippen molar-refractivity contribution in [2.75, 3.05) is 13.1 Å². The number of rotatable bonds is 4. The van der Waals surface area contributed by atoms with Crippen molar-refractivity contribution >= 4 is 11.2 Å². The molecule has 3 heterocycles. The smallest absolute Gasteiger partial charge is 0.317 e. The van der Waals surface area contributed by atoms with Crippen LogP contribution in [-0.4, -0.2) is 36.7 Å². The summed E-state index contributed by atoms with van der Waals surface area (Å²) in [5.41, 5.74) is 2.63. The van der Waals surface area contributed by atoms with Crippen LogP contribution in [0.15, 0.2) is 33.9 Å². The van der Waals surface area contributed by atoms with Crippen LogP contribution in [0.1, 0.15) is 36.7 Å². The molecule has 0 amide bonds. The highest BCUT2D eigenvalue weighted by molar-refractivity contribution is 5.71. The van der Waals surface area contributed by atoms with E-state index in [-0.39, 0.29) is 11.2 Å². The predicted octanol–water partition coefficient (Wildman–Crippen LogP) is 2.02. The van der Waals surface area contributed by atoms with Gasteiger partial charge in [0.15, 0.2) is 11.2 Å². The number of fused-ring (bicyclic) bond motifs is 1. The summed E-state index contributed by atoms with van der Waals surface area (Å²) in [7, 11) is 3.21. The second kappa shape index (κ2) is 7.63. The minimum absolute atomic E-state index is 0.291. The van der Waals surface area contributed by atoms with Crippen molar-refractivity contribution in [1.82, 2.24) is 23.6 Å². The minimum Gasteiger partial charge on any atom is -0.317 e. The second-order valence-electron chi connectivity index (χ2n) is 8.46. The van der Waals surface area contributed by atoms with Gasteiger partial charge in [-0.1, -0.05) is 36.8 Å². The van der Waals surface area contributed by atoms with Gasteiger partial charge in [0.2, 0.25) is 0 Å². The summed E-state index contributed by atoms with van der Waals surface area (Å²) in [6.07, 6.45) is 2.44. The van der Waals surface area contributed by atoms with Crippen LogP contribution in [0.4, 0.5) is 0 Å². The first kappa shape index (κ1) is 19.6. The predicted molar refractivity (Wildman–Crippen MR) is 114 cm³/mol. The van der Waals surface area contributed by atoms with Gasteiger partial charge in [0.25, 0.3) is 5.56 Å². The Morgan fingerprint density at radius 3 is 2.48 bits per heavy atom. The van der Waals surface area contributed by atoms with Gasteiger partial charge in [0, 0.05) is 27.2 Å². The van der Waals surface area contributed by atoms with Crippen LogP contribution in [0.25, 0.3) is 11.2 Å². The van der Waals surface area contributed by atoms with Gasteiger partial charge in [0.05, 0.1) is 6.54 Å². The molecule has 7 heteroatoms. The summed E-state index contributed by atoms with van der Waals surface area (Å²) in [5.74, 6) is 1.50. The van der Waals surface area contributed by atoms with Gasteiger partial charge < -0.3 is 4.57 Å². The summed E-state index contributed by atoms with van der Waals surface area (Å²) >= 11 is 0. The van der Waals surface area contributed by atoms with Crippen LogP contribution in [0.5, 0.6) is 0 Å². The monoisotopic (exact) mass is 395 g/mol. The normalized spacial score (nSPS) is 17.9. The van der Waals surface area contributed by atoms with Crippen LogP contribution in [0, 0.1) is 12.8 Å². The van der Waals surface area contributed by atoms with Crippen LogP contribution in [-0.2, 0) is 27.2 Å². The molecule has 0 bridgehead atoms. The Labute approximate surface area is 170 Å². The van der Waals surface area contributed by atoms with E-state index in [2.05, 4.69) is 43.0 Å². The van der Waals surface area contributed by atoms with E-state index in [0.29, 0.717) is 30.2 Å². The molecule has 1 fully saturated rings. The number of hydrogen-bond acceptors (Lipinski definition) is 4. The number of hydrogen-bond donors (Lipinski definition) is 0. The van der Waals surface area contributed by atoms with Crippen molar-refractivity contribution in [3.05, 3.63) is 62.1 Å². The number of benzene rings is 1. The average molecular weight is 396 g/mol. The Morgan fingerprint density at radius 1 is 1.07 bits per heavy atom. The lowest BCUT2D eigenvalue weighted by molar-refractivity contribution is 0.171. The van der Waals surface area contributed by atoms with Crippen LogP contribution in [0.2, 0.25) is 0 Å². The Balaban J connectivity index is 1.85. The van der Waals surface area contributed by atoms with Crippen molar-refractivity contribution in [2.24, 2.45) is 20.0 Å². The van der Waals surface area contributed by atoms with E-state index in [9.17, 15) is 9.59 Å². The zero-order valence-electron chi connectivity index (χ0n) is 17.7. The SMILES string of the molecule is Cc1ccc(Cn2c(CN3CCCC(C)C3)nc3c2c(=O)n(C)c(=O)n3C)cc1. The third kappa shape index (κ3) is 3.67. The zero-order chi connectivity index (χ0) is 20.7. The number of piperidine rings is 1. The molecule has 1 atom stereocenters. The highest BCUT2D eigenvalue weighted by Crippen LogP contribution is 2.20. The summed E-state index contributed by atoms with van der Waals surface area (Å²) in [5, 5.41) is 0. The molecule has 1 unspecified atom stereocenters. The van der Waals surface area contributed by atoms with E-state index in [1.807, 2.05) is 4.57 Å². The quantitative estimate of drug-likeness (QED) is 0.678. The zero-order valence-corrected chi connectivity index (χ0v) is 17.7. The molecule has 29 heavy (non-hydrogen) atoms. The lowest BCUT2D eigenvalue weighted by atomic mass is 10.0. The summed E-state index contributed by atoms with van der Waals surface area (Å²) in [4.78, 5) is 32.6. The maximum atomic E-state index is 13.0. The molecule has 0 N–H and O–H groups in total. The molecule has 1 aromatic carbocycles. The highest BCUT2D eigenvalue weighted by atomic mass is 16.2. The maximum absolute atomic E-state index is 13.0. The first-order chi connectivity index (χ1) is 13.8. The molecule has 0 radical (unpaired) electrons. The van der Waals surface area contributed by atoms with Gasteiger partial charge >= 0.3 is 5.69 Å². The second-order valence-corrected chi connectivity index (χ2v) is 8.46. The molecule has 0 spiro atoms. The number of nitrogens with zero attached hydrogens (tertiary/aromatic N) is 5. The molecular weight excluding hydrogens is 366 g/mol. The Bertz CT molecular complexity index is 1150. The third-order valence-corrected chi connectivity index (χ3v) is 5.99. The van der Waals surface area contributed by atoms with Crippen molar-refractivity contribution in [1.29, 1.82) is 0 Å². The molecule has 154 valence electrons. The molecule has 1 aliphatic heterocycles. The van der Waals surface area contributed by atoms with Gasteiger partial charge in [-0.25, -0.2) is 9.78 Å². The van der Waals surface area contributed by atoms with E-state index in [1.165, 1.54) is 34.6 Å². The van der Waals surface area contributed by atoms with E-state index in [0.717, 1.165) is 24.5 Å². The van der Waals surface area contributed by atoms with Crippen LogP contribution >= 0.6 is 0 Å². The van der Waals surface area contributed by atoms with Gasteiger partial charge in [-0.05, 0) is 37.8 Å². The lowest BCUT2D eigenvalue weighted by Crippen LogP contribution is -2.37. The molecule has 4 rings (SSSR count). The standard InChI is InChI=1S/C22H29N5O2/c1-15-7-9-17(10-8-15)13-27-18(14-26-11-5-6-16(2)12-26)23-20-19(27)21(28)25(4)22(29)24(20)3/h7-10,16H,5-6,11-14H2,1-4H3. The number of likely N-dealkylation sites (tertiary alicyclic amines) is 1. The molecule has 0 saturated carbocycles. The fourth-order valence-electron chi connectivity index (χ4n) is 4.29. The van der Waals surface area contributed by atoms with Gasteiger partial charge in [-0.15, -0.1) is 0 Å². The molecule has 1 saturated heterocycles. The molecular formula is C22H29N5O2. The molecule has 2 aromatic heterocycles. The van der Waals surface area contributed by atoms with E-state index < -0.39 is 0 Å². The van der Waals surface area contributed by atoms with E-state index >= 15 is 0 Å². The fraction of sp³-hybridized carbons (Fsp3) is 0.500. The topological polar surface area (TPSA) is 65.1 Å². The maximum Gasteiger partial charge on any atom is 0.332 e. The first-order valence-corrected chi connectivity index (χ1v) is 10.3. The third-order valence-electron chi connectivity index (χ3n) is 5.99. The highest BCUT2D eigenvalue weighted by Gasteiger charge is 2.23. The van der Waals surface area contributed by atoms with Crippen LogP contribution < -0.4 is 11.2 Å². The molecule has 7 nitrogen and oxygen atoms in total. The van der Waals surface area contributed by atoms with Crippen molar-refractivity contribution in [3.8, 4) is 0 Å². The van der Waals surface area contributed by atoms with E-state index in [4.69, 9.17) is 4.98 Å². The van der Waals surface area contributed by atoms with Gasteiger partial charge in [-0.2, -0.15) is 0 Å². The summed E-state index contributed by atoms with van der Waals surface area (Å²) in [6.45, 7) is 7.65. The fourth-order valence-corrected chi connectivity index (χ4v) is 4.29. The number of aryl methyl sites for hydroxylation is 2. The minimum atomic E-state index is -0.347. The summed E-state index contributed by atoms with van der Waals surface area (Å²) < 4.78 is 4.65. The first-order valence-electron chi connectivity index (χ1n) is 10.3. The average Bonchev–Trinajstić information content (AvgIpc) is 3.04. The number of imidazole rings is 1. The molecule has 0 aliphatic carbocycles. The lowest BCUT2D eigenvalue weighted by Gasteiger charge is -2.30. The van der Waals surface area contributed by atoms with Crippen molar-refractivity contribution < 1.29 is 0 Å². The van der Waals surface area contributed by atoms with Gasteiger partial charge in [-0.3, -0.25) is 18.8 Å². The Morgan fingerprint density at radius 2 is 1.79 bits per heavy atom. The summed E-state index contributed by atoms with van der Waals surface area (Å²) in [6, 6.07) is 8.32. The van der Waals surface area contributed by atoms with E-state index in [1.54, 1.807) is 7.05 Å².